The van der Waals surface area contributed by atoms with Crippen LogP contribution < -0.4 is 5.73 Å². The van der Waals surface area contributed by atoms with E-state index in [0.29, 0.717) is 6.54 Å². The van der Waals surface area contributed by atoms with Gasteiger partial charge in [0.2, 0.25) is 5.91 Å². The van der Waals surface area contributed by atoms with Gasteiger partial charge >= 0.3 is 0 Å². The van der Waals surface area contributed by atoms with Crippen LogP contribution in [0.3, 0.4) is 0 Å². The van der Waals surface area contributed by atoms with Crippen LogP contribution in [0.2, 0.25) is 0 Å². The summed E-state index contributed by atoms with van der Waals surface area (Å²) in [5, 5.41) is 0. The van der Waals surface area contributed by atoms with Crippen molar-refractivity contribution in [2.24, 2.45) is 0 Å². The maximum atomic E-state index is 12.2. The first kappa shape index (κ1) is 14.9. The van der Waals surface area contributed by atoms with E-state index in [1.54, 1.807) is 0 Å². The number of likely N-dealkylation sites (tertiary alicyclic amines) is 1. The molecule has 0 atom stereocenters. The third-order valence-electron chi connectivity index (χ3n) is 3.74. The minimum Gasteiger partial charge on any atom is -0.399 e. The summed E-state index contributed by atoms with van der Waals surface area (Å²) in [6, 6.07) is 7.92. The lowest BCUT2D eigenvalue weighted by Crippen LogP contribution is -2.39. The van der Waals surface area contributed by atoms with Crippen molar-refractivity contribution in [3.8, 4) is 0 Å². The second-order valence-electron chi connectivity index (χ2n) is 5.54. The lowest BCUT2D eigenvalue weighted by atomic mass is 10.2. The van der Waals surface area contributed by atoms with Crippen molar-refractivity contribution in [3.63, 3.8) is 0 Å². The van der Waals surface area contributed by atoms with Gasteiger partial charge in [-0.05, 0) is 43.5 Å². The molecule has 110 valence electrons. The van der Waals surface area contributed by atoms with E-state index in [1.807, 2.05) is 29.2 Å². The number of nitrogens with two attached hydrogens (primary N) is 1. The first-order valence-corrected chi connectivity index (χ1v) is 7.53. The lowest BCUT2D eigenvalue weighted by Gasteiger charge is -2.24. The van der Waals surface area contributed by atoms with E-state index >= 15 is 0 Å². The minimum absolute atomic E-state index is 0.270. The Morgan fingerprint density at radius 3 is 2.50 bits per heavy atom. The molecule has 1 aliphatic rings. The molecular formula is C16H25N3O. The van der Waals surface area contributed by atoms with Gasteiger partial charge in [0.05, 0.1) is 6.54 Å². The second-order valence-corrected chi connectivity index (χ2v) is 5.54. The zero-order valence-electron chi connectivity index (χ0n) is 12.3. The van der Waals surface area contributed by atoms with E-state index in [2.05, 4.69) is 11.8 Å². The monoisotopic (exact) mass is 275 g/mol. The number of amides is 1. The number of carbonyl (C=O) groups is 1. The van der Waals surface area contributed by atoms with Gasteiger partial charge in [-0.2, -0.15) is 0 Å². The predicted molar refractivity (Wildman–Crippen MR) is 82.2 cm³/mol. The summed E-state index contributed by atoms with van der Waals surface area (Å²) >= 11 is 0. The maximum Gasteiger partial charge on any atom is 0.236 e. The van der Waals surface area contributed by atoms with Crippen molar-refractivity contribution in [1.82, 2.24) is 9.80 Å². The molecule has 1 heterocycles. The number of anilines is 1. The van der Waals surface area contributed by atoms with E-state index in [1.165, 1.54) is 5.56 Å². The molecular weight excluding hydrogens is 250 g/mol. The van der Waals surface area contributed by atoms with E-state index < -0.39 is 0 Å². The molecule has 0 aromatic heterocycles. The molecule has 0 saturated carbocycles. The zero-order chi connectivity index (χ0) is 14.4. The van der Waals surface area contributed by atoms with Gasteiger partial charge in [0.1, 0.15) is 0 Å². The highest BCUT2D eigenvalue weighted by Gasteiger charge is 2.20. The van der Waals surface area contributed by atoms with Gasteiger partial charge in [-0.1, -0.05) is 19.1 Å². The summed E-state index contributed by atoms with van der Waals surface area (Å²) in [6.07, 6.45) is 3.36. The number of nitrogens with zero attached hydrogens (tertiary/aromatic N) is 2. The first-order chi connectivity index (χ1) is 9.69. The van der Waals surface area contributed by atoms with Crippen LogP contribution in [-0.2, 0) is 11.3 Å². The smallest absolute Gasteiger partial charge is 0.236 e. The number of nitrogen functional groups attached to an aromatic ring is 1. The Hall–Kier alpha value is -1.55. The standard InChI is InChI=1S/C16H25N3O/c1-2-9-18(12-14-5-7-15(17)8-6-14)13-16(20)19-10-3-4-11-19/h5-8H,2-4,9-13,17H2,1H3. The Balaban J connectivity index is 1.92. The van der Waals surface area contributed by atoms with Crippen molar-refractivity contribution in [2.75, 3.05) is 31.9 Å². The van der Waals surface area contributed by atoms with Crippen molar-refractivity contribution >= 4 is 11.6 Å². The van der Waals surface area contributed by atoms with Gasteiger partial charge < -0.3 is 10.6 Å². The van der Waals surface area contributed by atoms with Crippen LogP contribution in [0, 0.1) is 0 Å². The minimum atomic E-state index is 0.270. The number of rotatable bonds is 6. The third-order valence-corrected chi connectivity index (χ3v) is 3.74. The van der Waals surface area contributed by atoms with Crippen LogP contribution in [0.25, 0.3) is 0 Å². The Morgan fingerprint density at radius 2 is 1.90 bits per heavy atom. The Morgan fingerprint density at radius 1 is 1.25 bits per heavy atom. The van der Waals surface area contributed by atoms with E-state index in [-0.39, 0.29) is 5.91 Å². The van der Waals surface area contributed by atoms with Gasteiger partial charge in [0, 0.05) is 25.3 Å². The fourth-order valence-electron chi connectivity index (χ4n) is 2.67. The quantitative estimate of drug-likeness (QED) is 0.809. The van der Waals surface area contributed by atoms with Crippen molar-refractivity contribution in [1.29, 1.82) is 0 Å². The van der Waals surface area contributed by atoms with Gasteiger partial charge in [-0.15, -0.1) is 0 Å². The second kappa shape index (κ2) is 7.29. The van der Waals surface area contributed by atoms with Gasteiger partial charge in [0.25, 0.3) is 0 Å². The summed E-state index contributed by atoms with van der Waals surface area (Å²) in [6.45, 7) is 6.30. The van der Waals surface area contributed by atoms with Crippen LogP contribution >= 0.6 is 0 Å². The van der Waals surface area contributed by atoms with Crippen LogP contribution in [0.4, 0.5) is 5.69 Å². The highest BCUT2D eigenvalue weighted by molar-refractivity contribution is 5.78. The highest BCUT2D eigenvalue weighted by Crippen LogP contribution is 2.11. The molecule has 1 aliphatic heterocycles. The summed E-state index contributed by atoms with van der Waals surface area (Å²) in [7, 11) is 0. The molecule has 1 saturated heterocycles. The topological polar surface area (TPSA) is 49.6 Å². The normalized spacial score (nSPS) is 15.0. The Kier molecular flexibility index (Phi) is 5.41. The van der Waals surface area contributed by atoms with E-state index in [9.17, 15) is 4.79 Å². The summed E-state index contributed by atoms with van der Waals surface area (Å²) < 4.78 is 0. The number of hydrogen-bond acceptors (Lipinski definition) is 3. The number of hydrogen-bond donors (Lipinski definition) is 1. The highest BCUT2D eigenvalue weighted by atomic mass is 16.2. The molecule has 1 aromatic rings. The molecule has 0 spiro atoms. The average Bonchev–Trinajstić information content (AvgIpc) is 2.96. The molecule has 4 nitrogen and oxygen atoms in total. The van der Waals surface area contributed by atoms with Gasteiger partial charge in [-0.25, -0.2) is 0 Å². The molecule has 0 bridgehead atoms. The maximum absolute atomic E-state index is 12.2. The molecule has 4 heteroatoms. The van der Waals surface area contributed by atoms with Gasteiger partial charge in [-0.3, -0.25) is 9.69 Å². The molecule has 0 aliphatic carbocycles. The lowest BCUT2D eigenvalue weighted by molar-refractivity contribution is -0.131. The third kappa shape index (κ3) is 4.23. The van der Waals surface area contributed by atoms with E-state index in [0.717, 1.165) is 51.1 Å². The van der Waals surface area contributed by atoms with Crippen LogP contribution in [0.5, 0.6) is 0 Å². The zero-order valence-corrected chi connectivity index (χ0v) is 12.3. The summed E-state index contributed by atoms with van der Waals surface area (Å²) in [4.78, 5) is 16.5. The summed E-state index contributed by atoms with van der Waals surface area (Å²) in [5.74, 6) is 0.270. The molecule has 0 radical (unpaired) electrons. The fourth-order valence-corrected chi connectivity index (χ4v) is 2.67. The molecule has 1 fully saturated rings. The molecule has 2 N–H and O–H groups in total. The van der Waals surface area contributed by atoms with Crippen molar-refractivity contribution in [3.05, 3.63) is 29.8 Å². The Bertz CT molecular complexity index is 424. The molecule has 1 amide bonds. The SMILES string of the molecule is CCCN(CC(=O)N1CCCC1)Cc1ccc(N)cc1. The van der Waals surface area contributed by atoms with Crippen LogP contribution in [0.15, 0.2) is 24.3 Å². The largest absolute Gasteiger partial charge is 0.399 e. The van der Waals surface area contributed by atoms with E-state index in [4.69, 9.17) is 5.73 Å². The average molecular weight is 275 g/mol. The van der Waals surface area contributed by atoms with Crippen LogP contribution in [-0.4, -0.2) is 41.9 Å². The first-order valence-electron chi connectivity index (χ1n) is 7.53. The van der Waals surface area contributed by atoms with Crippen molar-refractivity contribution < 1.29 is 4.79 Å². The van der Waals surface area contributed by atoms with Crippen LogP contribution in [0.1, 0.15) is 31.7 Å². The molecule has 0 unspecified atom stereocenters. The summed E-state index contributed by atoms with van der Waals surface area (Å²) in [5.41, 5.74) is 7.70. The number of carbonyl (C=O) groups excluding carboxylic acids is 1. The van der Waals surface area contributed by atoms with Gasteiger partial charge in [0.15, 0.2) is 0 Å². The molecule has 2 rings (SSSR count). The fraction of sp³-hybridized carbons (Fsp3) is 0.562. The predicted octanol–water partition coefficient (Wildman–Crippen LogP) is 2.10. The Labute approximate surface area is 121 Å². The molecule has 20 heavy (non-hydrogen) atoms. The van der Waals surface area contributed by atoms with Crippen molar-refractivity contribution in [2.45, 2.75) is 32.7 Å². The number of benzene rings is 1. The molecule has 1 aromatic carbocycles.